The maximum Gasteiger partial charge on any atom is 0.306 e. The third-order valence-electron chi connectivity index (χ3n) is 15.0. The van der Waals surface area contributed by atoms with Gasteiger partial charge in [0.2, 0.25) is 5.91 Å². The Morgan fingerprint density at radius 1 is 0.513 bits per heavy atom. The highest BCUT2D eigenvalue weighted by atomic mass is 16.7. The highest BCUT2D eigenvalue weighted by Crippen LogP contribution is 2.26. The van der Waals surface area contributed by atoms with E-state index in [0.29, 0.717) is 12.8 Å². The predicted octanol–water partition coefficient (Wildman–Crippen LogP) is 15.2. The van der Waals surface area contributed by atoms with Gasteiger partial charge in [-0.05, 0) is 77.0 Å². The van der Waals surface area contributed by atoms with Crippen LogP contribution in [0.15, 0.2) is 48.6 Å². The smallest absolute Gasteiger partial charge is 0.306 e. The van der Waals surface area contributed by atoms with Crippen LogP contribution >= 0.6 is 0 Å². The van der Waals surface area contributed by atoms with Gasteiger partial charge >= 0.3 is 5.97 Å². The molecule has 0 bridgehead atoms. The van der Waals surface area contributed by atoms with Crippen molar-refractivity contribution < 1.29 is 49.3 Å². The number of ether oxygens (including phenoxy) is 3. The van der Waals surface area contributed by atoms with Crippen molar-refractivity contribution in [1.29, 1.82) is 0 Å². The van der Waals surface area contributed by atoms with E-state index >= 15 is 0 Å². The summed E-state index contributed by atoms with van der Waals surface area (Å²) in [5, 5.41) is 57.0. The average Bonchev–Trinajstić information content (AvgIpc) is 3.42. The largest absolute Gasteiger partial charge is 0.454 e. The molecule has 8 atom stereocenters. The summed E-state index contributed by atoms with van der Waals surface area (Å²) in [6, 6.07) is -1.03. The first-order chi connectivity index (χ1) is 37.2. The molecule has 11 nitrogen and oxygen atoms in total. The number of hydrogen-bond donors (Lipinski definition) is 6. The van der Waals surface area contributed by atoms with Gasteiger partial charge < -0.3 is 45.1 Å². The molecule has 1 aliphatic rings. The van der Waals surface area contributed by atoms with Crippen LogP contribution in [0.1, 0.15) is 290 Å². The van der Waals surface area contributed by atoms with E-state index in [9.17, 15) is 35.1 Å². The second-order valence-corrected chi connectivity index (χ2v) is 22.2. The van der Waals surface area contributed by atoms with Crippen LogP contribution < -0.4 is 5.32 Å². The normalized spacial score (nSPS) is 19.4. The highest BCUT2D eigenvalue weighted by molar-refractivity contribution is 5.80. The van der Waals surface area contributed by atoms with E-state index in [1.807, 2.05) is 6.08 Å². The number of allylic oxidation sites excluding steroid dienone is 7. The zero-order valence-corrected chi connectivity index (χ0v) is 49.1. The Kier molecular flexibility index (Phi) is 50.2. The lowest BCUT2D eigenvalue weighted by Gasteiger charge is -2.41. The molecule has 0 aromatic carbocycles. The minimum atomic E-state index is -1.61. The van der Waals surface area contributed by atoms with E-state index in [-0.39, 0.29) is 19.4 Å². The lowest BCUT2D eigenvalue weighted by Crippen LogP contribution is -2.61. The topological polar surface area (TPSA) is 175 Å². The molecule has 11 heteroatoms. The third-order valence-corrected chi connectivity index (χ3v) is 15.0. The van der Waals surface area contributed by atoms with Crippen molar-refractivity contribution in [3.05, 3.63) is 48.6 Å². The summed E-state index contributed by atoms with van der Waals surface area (Å²) in [6.45, 7) is 5.76. The molecule has 0 radical (unpaired) electrons. The summed E-state index contributed by atoms with van der Waals surface area (Å²) in [7, 11) is 0. The van der Waals surface area contributed by atoms with Crippen LogP contribution in [0.2, 0.25) is 0 Å². The molecule has 1 saturated heterocycles. The summed E-state index contributed by atoms with van der Waals surface area (Å²) < 4.78 is 17.6. The van der Waals surface area contributed by atoms with Crippen LogP contribution in [0.3, 0.4) is 0 Å². The molecule has 6 N–H and O–H groups in total. The molecule has 1 amide bonds. The summed E-state index contributed by atoms with van der Waals surface area (Å²) in [6.07, 6.45) is 54.3. The van der Waals surface area contributed by atoms with Crippen molar-refractivity contribution in [3.63, 3.8) is 0 Å². The molecule has 0 aromatic rings. The molecule has 1 heterocycles. The lowest BCUT2D eigenvalue weighted by atomic mass is 9.99. The lowest BCUT2D eigenvalue weighted by molar-refractivity contribution is -0.305. The van der Waals surface area contributed by atoms with Gasteiger partial charge in [-0.2, -0.15) is 0 Å². The maximum atomic E-state index is 13.4. The van der Waals surface area contributed by atoms with Crippen molar-refractivity contribution in [2.45, 2.75) is 339 Å². The Morgan fingerprint density at radius 2 is 0.908 bits per heavy atom. The van der Waals surface area contributed by atoms with Gasteiger partial charge in [-0.15, -0.1) is 0 Å². The van der Waals surface area contributed by atoms with Crippen molar-refractivity contribution in [2.75, 3.05) is 13.2 Å². The van der Waals surface area contributed by atoms with Crippen LogP contribution in [0.25, 0.3) is 0 Å². The Morgan fingerprint density at radius 3 is 1.38 bits per heavy atom. The van der Waals surface area contributed by atoms with Crippen LogP contribution in [-0.2, 0) is 23.8 Å². The number of nitrogens with one attached hydrogen (secondary N) is 1. The maximum absolute atomic E-state index is 13.4. The number of carbonyl (C=O) groups excluding carboxylic acids is 2. The van der Waals surface area contributed by atoms with E-state index in [4.69, 9.17) is 14.2 Å². The molecule has 0 aliphatic carbocycles. The van der Waals surface area contributed by atoms with Crippen molar-refractivity contribution in [3.8, 4) is 0 Å². The summed E-state index contributed by atoms with van der Waals surface area (Å²) in [5.74, 6) is -1.20. The fourth-order valence-corrected chi connectivity index (χ4v) is 9.87. The Balaban J connectivity index is 2.64. The molecule has 1 fully saturated rings. The number of aliphatic hydroxyl groups is 5. The van der Waals surface area contributed by atoms with E-state index in [1.54, 1.807) is 6.08 Å². The number of esters is 1. The standard InChI is InChI=1S/C65H119NO10/c1-4-7-10-13-16-19-22-25-27-28-29-30-31-32-33-35-38-41-44-47-50-53-60(70)76-63-62(72)61(71)59(54-67)75-65(63)74-55-56(57(68)51-48-45-42-39-36-24-21-18-15-12-9-6-3)66-64(73)58(69)52-49-46-43-40-37-34-26-23-20-17-14-11-8-5-2/h17,20,23,25-27,48,51,56-59,61-63,65,67-69,71-72H,4-16,18-19,21-22,24,28-47,49-50,52-55H2,1-3H3,(H,66,73)/b20-17+,26-23+,27-25+,51-48+. The molecular weight excluding hydrogens is 955 g/mol. The second kappa shape index (κ2) is 53.3. The molecule has 0 spiro atoms. The van der Waals surface area contributed by atoms with Crippen LogP contribution in [0, 0.1) is 0 Å². The van der Waals surface area contributed by atoms with Crippen molar-refractivity contribution >= 4 is 11.9 Å². The second-order valence-electron chi connectivity index (χ2n) is 22.2. The first-order valence-corrected chi connectivity index (χ1v) is 31.9. The molecule has 0 aromatic heterocycles. The van der Waals surface area contributed by atoms with E-state index < -0.39 is 67.4 Å². The third kappa shape index (κ3) is 40.8. The molecule has 444 valence electrons. The minimum Gasteiger partial charge on any atom is -0.454 e. The van der Waals surface area contributed by atoms with Gasteiger partial charge in [0, 0.05) is 6.42 Å². The van der Waals surface area contributed by atoms with Gasteiger partial charge in [-0.25, -0.2) is 0 Å². The highest BCUT2D eigenvalue weighted by Gasteiger charge is 2.47. The van der Waals surface area contributed by atoms with Crippen LogP contribution in [0.5, 0.6) is 0 Å². The average molecular weight is 1070 g/mol. The van der Waals surface area contributed by atoms with Gasteiger partial charge in [0.25, 0.3) is 0 Å². The number of hydrogen-bond acceptors (Lipinski definition) is 10. The van der Waals surface area contributed by atoms with Crippen molar-refractivity contribution in [2.24, 2.45) is 0 Å². The molecule has 1 aliphatic heterocycles. The SMILES string of the molecule is CCCCC/C=C/C=C/CCCCCCCC(O)C(=O)NC(COC1OC(CO)C(O)C(O)C1OC(=O)CCCCCCCCCCCCC/C=C/CCCCCCCC)C(O)/C=C/CCCCCCCCCCCC. The van der Waals surface area contributed by atoms with Crippen LogP contribution in [-0.4, -0.2) is 99.6 Å². The molecule has 8 unspecified atom stereocenters. The Labute approximate surface area is 466 Å². The number of amides is 1. The van der Waals surface area contributed by atoms with Crippen molar-refractivity contribution in [1.82, 2.24) is 5.32 Å². The fraction of sp³-hybridized carbons (Fsp3) is 0.846. The van der Waals surface area contributed by atoms with Gasteiger partial charge in [0.05, 0.1) is 25.4 Å². The molecule has 0 saturated carbocycles. The molecule has 76 heavy (non-hydrogen) atoms. The van der Waals surface area contributed by atoms with Gasteiger partial charge in [-0.3, -0.25) is 9.59 Å². The zero-order valence-electron chi connectivity index (χ0n) is 49.1. The predicted molar refractivity (Wildman–Crippen MR) is 315 cm³/mol. The molecular formula is C65H119NO10. The number of aliphatic hydroxyl groups excluding tert-OH is 5. The summed E-state index contributed by atoms with van der Waals surface area (Å²) in [5.41, 5.74) is 0. The first-order valence-electron chi connectivity index (χ1n) is 31.9. The van der Waals surface area contributed by atoms with E-state index in [0.717, 1.165) is 77.0 Å². The molecule has 1 rings (SSSR count). The van der Waals surface area contributed by atoms with E-state index in [1.165, 1.54) is 167 Å². The zero-order chi connectivity index (χ0) is 55.4. The summed E-state index contributed by atoms with van der Waals surface area (Å²) in [4.78, 5) is 26.5. The fourth-order valence-electron chi connectivity index (χ4n) is 9.87. The summed E-state index contributed by atoms with van der Waals surface area (Å²) >= 11 is 0. The van der Waals surface area contributed by atoms with Gasteiger partial charge in [0.1, 0.15) is 24.4 Å². The number of carbonyl (C=O) groups is 2. The monoisotopic (exact) mass is 1070 g/mol. The van der Waals surface area contributed by atoms with E-state index in [2.05, 4.69) is 62.5 Å². The first kappa shape index (κ1) is 71.6. The Hall–Kier alpha value is -2.38. The minimum absolute atomic E-state index is 0.122. The number of unbranched alkanes of at least 4 members (excludes halogenated alkanes) is 35. The van der Waals surface area contributed by atoms with Gasteiger partial charge in [0.15, 0.2) is 12.4 Å². The number of rotatable bonds is 54. The quantitative estimate of drug-likeness (QED) is 0.0149. The van der Waals surface area contributed by atoms with Gasteiger partial charge in [-0.1, -0.05) is 256 Å². The van der Waals surface area contributed by atoms with Crippen LogP contribution in [0.4, 0.5) is 0 Å². The Bertz CT molecular complexity index is 1420.